The predicted octanol–water partition coefficient (Wildman–Crippen LogP) is 7.58. The van der Waals surface area contributed by atoms with Crippen LogP contribution in [-0.2, 0) is 0 Å². The van der Waals surface area contributed by atoms with Crippen molar-refractivity contribution in [3.63, 3.8) is 0 Å². The molecule has 6 aromatic rings. The maximum Gasteiger partial charge on any atom is 0.265 e. The topological polar surface area (TPSA) is 115 Å². The lowest BCUT2D eigenvalue weighted by molar-refractivity contribution is 0.101. The van der Waals surface area contributed by atoms with E-state index in [1.54, 1.807) is 18.3 Å². The number of aryl methyl sites for hydroxylation is 1. The van der Waals surface area contributed by atoms with Crippen LogP contribution < -0.4 is 20.9 Å². The summed E-state index contributed by atoms with van der Waals surface area (Å²) in [6.45, 7) is 6.13. The van der Waals surface area contributed by atoms with Crippen molar-refractivity contribution in [2.45, 2.75) is 6.92 Å². The first-order chi connectivity index (χ1) is 24.4. The van der Waals surface area contributed by atoms with Gasteiger partial charge in [-0.05, 0) is 73.6 Å². The van der Waals surface area contributed by atoms with E-state index in [4.69, 9.17) is 4.98 Å². The van der Waals surface area contributed by atoms with Gasteiger partial charge < -0.3 is 25.8 Å². The molecule has 0 unspecified atom stereocenters. The Morgan fingerprint density at radius 2 is 1.54 bits per heavy atom. The number of rotatable bonds is 9. The van der Waals surface area contributed by atoms with Crippen LogP contribution in [-0.4, -0.2) is 64.9 Å². The molecule has 1 fully saturated rings. The zero-order valence-corrected chi connectivity index (χ0v) is 28.6. The molecule has 0 saturated carbocycles. The molecule has 3 aromatic carbocycles. The Morgan fingerprint density at radius 3 is 2.34 bits per heavy atom. The van der Waals surface area contributed by atoms with E-state index in [0.29, 0.717) is 27.8 Å². The van der Waals surface area contributed by atoms with E-state index in [-0.39, 0.29) is 11.8 Å². The fraction of sp³-hybridized carbons (Fsp3) is 0.154. The maximum absolute atomic E-state index is 13.3. The highest BCUT2D eigenvalue weighted by molar-refractivity contribution is 7.17. The van der Waals surface area contributed by atoms with Crippen LogP contribution >= 0.6 is 11.3 Å². The predicted molar refractivity (Wildman–Crippen MR) is 202 cm³/mol. The Labute approximate surface area is 294 Å². The number of piperazine rings is 1. The van der Waals surface area contributed by atoms with Crippen LogP contribution in [0.1, 0.15) is 25.6 Å². The molecule has 11 heteroatoms. The number of pyridine rings is 1. The lowest BCUT2D eigenvalue weighted by Crippen LogP contribution is -2.44. The standard InChI is InChI=1S/C39H36N8O2S/c1-26-8-11-30(23-34(26)45-39-41-17-16-33(44-39)27-9-12-32(13-10-27)47-20-18-46(2)19-21-47)42-37(48)29-22-31(25-40-24-29)43-38(49)36-15-14-35(50-36)28-6-4-3-5-7-28/h3-17,22-25H,18-21H2,1-2H3,(H,42,48)(H,43,49)(H,41,44,45). The number of amides is 2. The van der Waals surface area contributed by atoms with E-state index >= 15 is 0 Å². The number of carbonyl (C=O) groups excluding carboxylic acids is 2. The first-order valence-corrected chi connectivity index (χ1v) is 17.2. The summed E-state index contributed by atoms with van der Waals surface area (Å²) in [5, 5.41) is 9.12. The largest absolute Gasteiger partial charge is 0.369 e. The smallest absolute Gasteiger partial charge is 0.265 e. The summed E-state index contributed by atoms with van der Waals surface area (Å²) in [6.07, 6.45) is 4.72. The summed E-state index contributed by atoms with van der Waals surface area (Å²) in [6, 6.07) is 31.2. The third-order valence-corrected chi connectivity index (χ3v) is 9.71. The highest BCUT2D eigenvalue weighted by atomic mass is 32.1. The minimum Gasteiger partial charge on any atom is -0.369 e. The van der Waals surface area contributed by atoms with Crippen LogP contribution in [0.25, 0.3) is 21.7 Å². The van der Waals surface area contributed by atoms with Crippen molar-refractivity contribution in [1.82, 2.24) is 19.9 Å². The number of anilines is 5. The number of thiophene rings is 1. The Hall–Kier alpha value is -5.91. The number of nitrogens with one attached hydrogen (secondary N) is 3. The van der Waals surface area contributed by atoms with Gasteiger partial charge in [-0.15, -0.1) is 11.3 Å². The first kappa shape index (κ1) is 32.6. The quantitative estimate of drug-likeness (QED) is 0.143. The van der Waals surface area contributed by atoms with Crippen molar-refractivity contribution in [1.29, 1.82) is 0 Å². The van der Waals surface area contributed by atoms with Crippen molar-refractivity contribution in [2.24, 2.45) is 0 Å². The second kappa shape index (κ2) is 14.7. The molecule has 1 saturated heterocycles. The van der Waals surface area contributed by atoms with E-state index in [0.717, 1.165) is 59.1 Å². The van der Waals surface area contributed by atoms with E-state index in [9.17, 15) is 9.59 Å². The van der Waals surface area contributed by atoms with Crippen LogP contribution in [0.15, 0.2) is 116 Å². The summed E-state index contributed by atoms with van der Waals surface area (Å²) in [7, 11) is 2.16. The van der Waals surface area contributed by atoms with Gasteiger partial charge in [-0.2, -0.15) is 0 Å². The summed E-state index contributed by atoms with van der Waals surface area (Å²) in [4.78, 5) is 46.0. The number of nitrogens with zero attached hydrogens (tertiary/aromatic N) is 5. The normalized spacial score (nSPS) is 13.1. The minimum atomic E-state index is -0.357. The second-order valence-electron chi connectivity index (χ2n) is 12.2. The van der Waals surface area contributed by atoms with Crippen LogP contribution in [0.3, 0.4) is 0 Å². The molecule has 250 valence electrons. The molecule has 7 rings (SSSR count). The molecule has 0 bridgehead atoms. The molecular formula is C39H36N8O2S. The Bertz CT molecular complexity index is 2130. The molecule has 4 heterocycles. The van der Waals surface area contributed by atoms with Gasteiger partial charge in [0.25, 0.3) is 11.8 Å². The SMILES string of the molecule is Cc1ccc(NC(=O)c2cncc(NC(=O)c3ccc(-c4ccccc4)s3)c2)cc1Nc1nccc(-c2ccc(N3CCN(C)CC3)cc2)n1. The van der Waals surface area contributed by atoms with Crippen molar-refractivity contribution in [2.75, 3.05) is 54.1 Å². The third-order valence-electron chi connectivity index (χ3n) is 8.58. The van der Waals surface area contributed by atoms with Gasteiger partial charge >= 0.3 is 0 Å². The molecule has 0 atom stereocenters. The fourth-order valence-corrected chi connectivity index (χ4v) is 6.59. The minimum absolute atomic E-state index is 0.264. The molecule has 3 aromatic heterocycles. The van der Waals surface area contributed by atoms with Crippen LogP contribution in [0.4, 0.5) is 28.7 Å². The number of hydrogen-bond donors (Lipinski definition) is 3. The van der Waals surface area contributed by atoms with Crippen molar-refractivity contribution in [3.05, 3.63) is 132 Å². The molecule has 0 aliphatic carbocycles. The average molecular weight is 681 g/mol. The van der Waals surface area contributed by atoms with Crippen LogP contribution in [0, 0.1) is 6.92 Å². The monoisotopic (exact) mass is 680 g/mol. The number of hydrogen-bond acceptors (Lipinski definition) is 9. The van der Waals surface area contributed by atoms with Gasteiger partial charge in [-0.25, -0.2) is 9.97 Å². The summed E-state index contributed by atoms with van der Waals surface area (Å²) in [5.74, 6) is -0.171. The lowest BCUT2D eigenvalue weighted by atomic mass is 10.1. The fourth-order valence-electron chi connectivity index (χ4n) is 5.69. The van der Waals surface area contributed by atoms with E-state index in [1.165, 1.54) is 29.4 Å². The summed E-state index contributed by atoms with van der Waals surface area (Å²) >= 11 is 1.40. The Kier molecular flexibility index (Phi) is 9.59. The third kappa shape index (κ3) is 7.70. The average Bonchev–Trinajstić information content (AvgIpc) is 3.65. The molecule has 1 aliphatic rings. The van der Waals surface area contributed by atoms with Gasteiger partial charge in [0.05, 0.1) is 28.0 Å². The Balaban J connectivity index is 0.995. The van der Waals surface area contributed by atoms with Gasteiger partial charge in [-0.1, -0.05) is 48.5 Å². The number of likely N-dealkylation sites (N-methyl/N-ethyl adjacent to an activating group) is 1. The van der Waals surface area contributed by atoms with Gasteiger partial charge in [-0.3, -0.25) is 14.6 Å². The van der Waals surface area contributed by atoms with Gasteiger partial charge in [0.1, 0.15) is 0 Å². The lowest BCUT2D eigenvalue weighted by Gasteiger charge is -2.34. The zero-order chi connectivity index (χ0) is 34.5. The number of aromatic nitrogens is 3. The molecule has 0 spiro atoms. The zero-order valence-electron chi connectivity index (χ0n) is 27.8. The van der Waals surface area contributed by atoms with Crippen LogP contribution in [0.5, 0.6) is 0 Å². The molecule has 0 radical (unpaired) electrons. The molecule has 50 heavy (non-hydrogen) atoms. The highest BCUT2D eigenvalue weighted by Crippen LogP contribution is 2.29. The van der Waals surface area contributed by atoms with E-state index < -0.39 is 0 Å². The van der Waals surface area contributed by atoms with Crippen molar-refractivity contribution < 1.29 is 9.59 Å². The van der Waals surface area contributed by atoms with Crippen molar-refractivity contribution >= 4 is 51.8 Å². The van der Waals surface area contributed by atoms with E-state index in [1.807, 2.05) is 67.6 Å². The first-order valence-electron chi connectivity index (χ1n) is 16.4. The molecule has 3 N–H and O–H groups in total. The van der Waals surface area contributed by atoms with Gasteiger partial charge in [0.2, 0.25) is 5.95 Å². The van der Waals surface area contributed by atoms with Crippen LogP contribution in [0.2, 0.25) is 0 Å². The second-order valence-corrected chi connectivity index (χ2v) is 13.2. The molecular weight excluding hydrogens is 645 g/mol. The summed E-state index contributed by atoms with van der Waals surface area (Å²) < 4.78 is 0. The van der Waals surface area contributed by atoms with E-state index in [2.05, 4.69) is 67.0 Å². The molecule has 1 aliphatic heterocycles. The van der Waals surface area contributed by atoms with Gasteiger partial charge in [0.15, 0.2) is 0 Å². The molecule has 10 nitrogen and oxygen atoms in total. The maximum atomic E-state index is 13.3. The van der Waals surface area contributed by atoms with Gasteiger partial charge in [0, 0.05) is 66.1 Å². The Morgan fingerprint density at radius 1 is 0.760 bits per heavy atom. The molecule has 2 amide bonds. The number of carbonyl (C=O) groups is 2. The number of benzene rings is 3. The van der Waals surface area contributed by atoms with Crippen molar-refractivity contribution in [3.8, 4) is 21.7 Å². The highest BCUT2D eigenvalue weighted by Gasteiger charge is 2.16. The summed E-state index contributed by atoms with van der Waals surface area (Å²) in [5.41, 5.74) is 7.12.